The summed E-state index contributed by atoms with van der Waals surface area (Å²) in [6.45, 7) is 13.0. The topological polar surface area (TPSA) is 9.23 Å². The third-order valence-corrected chi connectivity index (χ3v) is 3.64. The summed E-state index contributed by atoms with van der Waals surface area (Å²) in [4.78, 5) is 0. The molecule has 0 N–H and O–H groups in total. The molecule has 1 unspecified atom stereocenters. The van der Waals surface area contributed by atoms with E-state index in [2.05, 4.69) is 51.3 Å². The van der Waals surface area contributed by atoms with Crippen molar-refractivity contribution in [2.45, 2.75) is 32.6 Å². The van der Waals surface area contributed by atoms with E-state index in [1.807, 2.05) is 6.08 Å². The monoisotopic (exact) mass is 254 g/mol. The first-order valence-electron chi connectivity index (χ1n) is 6.86. The molecule has 1 aliphatic heterocycles. The van der Waals surface area contributed by atoms with Crippen LogP contribution in [0.2, 0.25) is 0 Å². The average molecular weight is 254 g/mol. The summed E-state index contributed by atoms with van der Waals surface area (Å²) in [5, 5.41) is 0. The van der Waals surface area contributed by atoms with Gasteiger partial charge in [-0.05, 0) is 43.0 Å². The standard InChI is InChI=1S/C18H22O/c1-5-6-7-13(2)14(3)10-16-8-9-18-17(11-16)15(4)12-19-18/h5,8-11,15H,1-2,6-7,12H2,3-4H3/b14-10+. The molecule has 0 fully saturated rings. The molecule has 1 aromatic carbocycles. The minimum atomic E-state index is 0.493. The number of hydrogen-bond acceptors (Lipinski definition) is 1. The van der Waals surface area contributed by atoms with Crippen LogP contribution >= 0.6 is 0 Å². The van der Waals surface area contributed by atoms with Gasteiger partial charge in [0.2, 0.25) is 0 Å². The molecule has 0 radical (unpaired) electrons. The normalized spacial score (nSPS) is 17.8. The van der Waals surface area contributed by atoms with Crippen molar-refractivity contribution in [3.8, 4) is 5.75 Å². The van der Waals surface area contributed by atoms with Crippen molar-refractivity contribution < 1.29 is 4.74 Å². The minimum Gasteiger partial charge on any atom is -0.493 e. The third-order valence-electron chi connectivity index (χ3n) is 3.64. The molecule has 0 saturated carbocycles. The van der Waals surface area contributed by atoms with Crippen LogP contribution in [0.5, 0.6) is 5.75 Å². The summed E-state index contributed by atoms with van der Waals surface area (Å²) < 4.78 is 5.62. The van der Waals surface area contributed by atoms with E-state index in [-0.39, 0.29) is 0 Å². The van der Waals surface area contributed by atoms with E-state index >= 15 is 0 Å². The zero-order valence-electron chi connectivity index (χ0n) is 11.9. The van der Waals surface area contributed by atoms with E-state index in [4.69, 9.17) is 4.74 Å². The van der Waals surface area contributed by atoms with E-state index in [1.54, 1.807) is 0 Å². The highest BCUT2D eigenvalue weighted by Gasteiger charge is 2.19. The quantitative estimate of drug-likeness (QED) is 0.524. The lowest BCUT2D eigenvalue weighted by Crippen LogP contribution is -1.93. The average Bonchev–Trinajstić information content (AvgIpc) is 2.77. The Morgan fingerprint density at radius 2 is 2.26 bits per heavy atom. The number of fused-ring (bicyclic) bond motifs is 1. The molecule has 1 aliphatic rings. The van der Waals surface area contributed by atoms with Gasteiger partial charge >= 0.3 is 0 Å². The number of ether oxygens (including phenoxy) is 1. The highest BCUT2D eigenvalue weighted by atomic mass is 16.5. The van der Waals surface area contributed by atoms with Crippen LogP contribution in [0, 0.1) is 0 Å². The maximum atomic E-state index is 5.62. The van der Waals surface area contributed by atoms with Crippen molar-refractivity contribution in [2.75, 3.05) is 6.61 Å². The Balaban J connectivity index is 2.16. The predicted molar refractivity (Wildman–Crippen MR) is 82.6 cm³/mol. The smallest absolute Gasteiger partial charge is 0.122 e. The van der Waals surface area contributed by atoms with Crippen LogP contribution in [0.25, 0.3) is 6.08 Å². The SMILES string of the molecule is C=CCCC(=C)/C(C)=C/c1ccc2c(c1)C(C)CO2. The second-order valence-electron chi connectivity index (χ2n) is 5.27. The lowest BCUT2D eigenvalue weighted by Gasteiger charge is -2.06. The Morgan fingerprint density at radius 3 is 3.00 bits per heavy atom. The third kappa shape index (κ3) is 3.17. The van der Waals surface area contributed by atoms with E-state index in [0.29, 0.717) is 5.92 Å². The molecule has 1 heterocycles. The van der Waals surface area contributed by atoms with Gasteiger partial charge in [-0.15, -0.1) is 6.58 Å². The van der Waals surface area contributed by atoms with Gasteiger partial charge in [0.05, 0.1) is 6.61 Å². The van der Waals surface area contributed by atoms with E-state index in [9.17, 15) is 0 Å². The van der Waals surface area contributed by atoms with Crippen LogP contribution in [-0.4, -0.2) is 6.61 Å². The van der Waals surface area contributed by atoms with Crippen molar-refractivity contribution in [2.24, 2.45) is 0 Å². The fourth-order valence-corrected chi connectivity index (χ4v) is 2.30. The summed E-state index contributed by atoms with van der Waals surface area (Å²) in [5.41, 5.74) is 4.98. The fourth-order valence-electron chi connectivity index (χ4n) is 2.30. The molecule has 0 aromatic heterocycles. The van der Waals surface area contributed by atoms with E-state index in [1.165, 1.54) is 22.3 Å². The lowest BCUT2D eigenvalue weighted by atomic mass is 9.98. The molecule has 1 heteroatoms. The Kier molecular flexibility index (Phi) is 4.26. The van der Waals surface area contributed by atoms with Crippen molar-refractivity contribution in [1.29, 1.82) is 0 Å². The number of allylic oxidation sites excluding steroid dienone is 3. The Labute approximate surface area is 116 Å². The summed E-state index contributed by atoms with van der Waals surface area (Å²) in [7, 11) is 0. The molecule has 0 saturated heterocycles. The van der Waals surface area contributed by atoms with Gasteiger partial charge in [0.1, 0.15) is 5.75 Å². The Hall–Kier alpha value is -1.76. The van der Waals surface area contributed by atoms with Gasteiger partial charge in [0.25, 0.3) is 0 Å². The van der Waals surface area contributed by atoms with Crippen LogP contribution in [0.3, 0.4) is 0 Å². The van der Waals surface area contributed by atoms with E-state index in [0.717, 1.165) is 25.2 Å². The molecule has 0 bridgehead atoms. The number of rotatable bonds is 5. The molecule has 1 atom stereocenters. The van der Waals surface area contributed by atoms with Crippen LogP contribution in [-0.2, 0) is 0 Å². The second kappa shape index (κ2) is 5.92. The summed E-state index contributed by atoms with van der Waals surface area (Å²) in [6.07, 6.45) is 6.11. The molecule has 0 aliphatic carbocycles. The largest absolute Gasteiger partial charge is 0.493 e. The molecule has 100 valence electrons. The minimum absolute atomic E-state index is 0.493. The van der Waals surface area contributed by atoms with Crippen LogP contribution < -0.4 is 4.74 Å². The zero-order valence-corrected chi connectivity index (χ0v) is 11.9. The van der Waals surface area contributed by atoms with Gasteiger partial charge in [-0.3, -0.25) is 0 Å². The molecule has 19 heavy (non-hydrogen) atoms. The molecule has 0 spiro atoms. The molecular weight excluding hydrogens is 232 g/mol. The zero-order chi connectivity index (χ0) is 13.8. The van der Waals surface area contributed by atoms with Crippen LogP contribution in [0.15, 0.2) is 48.6 Å². The molecule has 2 rings (SSSR count). The van der Waals surface area contributed by atoms with Crippen molar-refractivity contribution in [3.63, 3.8) is 0 Å². The summed E-state index contributed by atoms with van der Waals surface area (Å²) in [5.74, 6) is 1.53. The maximum absolute atomic E-state index is 5.62. The Bertz CT molecular complexity index is 522. The van der Waals surface area contributed by atoms with Gasteiger partial charge < -0.3 is 4.74 Å². The maximum Gasteiger partial charge on any atom is 0.122 e. The fraction of sp³-hybridized carbons (Fsp3) is 0.333. The first-order chi connectivity index (χ1) is 9.11. The van der Waals surface area contributed by atoms with Gasteiger partial charge in [-0.2, -0.15) is 0 Å². The van der Waals surface area contributed by atoms with Gasteiger partial charge in [0.15, 0.2) is 0 Å². The van der Waals surface area contributed by atoms with E-state index < -0.39 is 0 Å². The van der Waals surface area contributed by atoms with Crippen molar-refractivity contribution in [3.05, 3.63) is 59.7 Å². The van der Waals surface area contributed by atoms with Crippen molar-refractivity contribution >= 4 is 6.08 Å². The summed E-state index contributed by atoms with van der Waals surface area (Å²) >= 11 is 0. The highest BCUT2D eigenvalue weighted by molar-refractivity contribution is 5.60. The first-order valence-corrected chi connectivity index (χ1v) is 6.86. The number of benzene rings is 1. The van der Waals surface area contributed by atoms with Gasteiger partial charge in [0, 0.05) is 11.5 Å². The number of hydrogen-bond donors (Lipinski definition) is 0. The van der Waals surface area contributed by atoms with Crippen molar-refractivity contribution in [1.82, 2.24) is 0 Å². The summed E-state index contributed by atoms with van der Waals surface area (Å²) in [6, 6.07) is 6.42. The molecule has 0 amide bonds. The molecule has 1 nitrogen and oxygen atoms in total. The second-order valence-corrected chi connectivity index (χ2v) is 5.27. The predicted octanol–water partition coefficient (Wildman–Crippen LogP) is 5.11. The highest BCUT2D eigenvalue weighted by Crippen LogP contribution is 2.34. The van der Waals surface area contributed by atoms with Crippen LogP contribution in [0.1, 0.15) is 43.7 Å². The lowest BCUT2D eigenvalue weighted by molar-refractivity contribution is 0.337. The molecular formula is C18H22O. The Morgan fingerprint density at radius 1 is 1.47 bits per heavy atom. The first kappa shape index (κ1) is 13.7. The van der Waals surface area contributed by atoms with Crippen LogP contribution in [0.4, 0.5) is 0 Å². The van der Waals surface area contributed by atoms with Gasteiger partial charge in [-0.1, -0.05) is 37.3 Å². The molecule has 1 aromatic rings. The van der Waals surface area contributed by atoms with Gasteiger partial charge in [-0.25, -0.2) is 0 Å².